The topological polar surface area (TPSA) is 60.9 Å². The molecule has 0 radical (unpaired) electrons. The van der Waals surface area contributed by atoms with Crippen molar-refractivity contribution >= 4 is 21.6 Å². The standard InChI is InChI=1S/C23H31N3O3S/c1-17-15-18(2)22(19(3)16-17)30(28,29)26-13-11-25(12-14-26)20(4)23(27)24(5)21-9-7-6-8-10-21/h6-10,15-16,20H,11-14H2,1-5H3. The highest BCUT2D eigenvalue weighted by Crippen LogP contribution is 2.26. The van der Waals surface area contributed by atoms with E-state index in [0.717, 1.165) is 22.4 Å². The van der Waals surface area contributed by atoms with Gasteiger partial charge in [0, 0.05) is 38.9 Å². The van der Waals surface area contributed by atoms with Crippen molar-refractivity contribution in [3.63, 3.8) is 0 Å². The first-order chi connectivity index (χ1) is 14.1. The van der Waals surface area contributed by atoms with Crippen molar-refractivity contribution in [1.82, 2.24) is 9.21 Å². The molecule has 7 heteroatoms. The van der Waals surface area contributed by atoms with Crippen LogP contribution in [0.15, 0.2) is 47.4 Å². The maximum absolute atomic E-state index is 13.3. The molecule has 30 heavy (non-hydrogen) atoms. The Balaban J connectivity index is 1.69. The largest absolute Gasteiger partial charge is 0.314 e. The monoisotopic (exact) mass is 429 g/mol. The number of rotatable bonds is 5. The number of piperazine rings is 1. The molecule has 1 saturated heterocycles. The fourth-order valence-corrected chi connectivity index (χ4v) is 6.08. The number of hydrogen-bond acceptors (Lipinski definition) is 4. The van der Waals surface area contributed by atoms with Gasteiger partial charge in [-0.3, -0.25) is 9.69 Å². The van der Waals surface area contributed by atoms with Crippen LogP contribution in [0.4, 0.5) is 5.69 Å². The number of nitrogens with zero attached hydrogens (tertiary/aromatic N) is 3. The summed E-state index contributed by atoms with van der Waals surface area (Å²) in [5, 5.41) is 0. The first kappa shape index (κ1) is 22.5. The third-order valence-electron chi connectivity index (χ3n) is 5.85. The Morgan fingerprint density at radius 1 is 0.967 bits per heavy atom. The summed E-state index contributed by atoms with van der Waals surface area (Å²) >= 11 is 0. The van der Waals surface area contributed by atoms with Crippen LogP contribution in [-0.4, -0.2) is 62.8 Å². The highest BCUT2D eigenvalue weighted by atomic mass is 32.2. The molecular formula is C23H31N3O3S. The van der Waals surface area contributed by atoms with Crippen molar-refractivity contribution in [3.05, 3.63) is 59.2 Å². The second-order valence-corrected chi connectivity index (χ2v) is 9.95. The normalized spacial score (nSPS) is 17.0. The van der Waals surface area contributed by atoms with Gasteiger partial charge in [0.15, 0.2) is 0 Å². The zero-order valence-electron chi connectivity index (χ0n) is 18.4. The van der Waals surface area contributed by atoms with Gasteiger partial charge in [0.25, 0.3) is 0 Å². The Labute approximate surface area is 180 Å². The molecule has 6 nitrogen and oxygen atoms in total. The average Bonchev–Trinajstić information content (AvgIpc) is 2.72. The average molecular weight is 430 g/mol. The van der Waals surface area contributed by atoms with Gasteiger partial charge in [0.2, 0.25) is 15.9 Å². The summed E-state index contributed by atoms with van der Waals surface area (Å²) in [6.07, 6.45) is 0. The van der Waals surface area contributed by atoms with Crippen LogP contribution in [0, 0.1) is 20.8 Å². The molecule has 2 aromatic carbocycles. The molecule has 0 aliphatic carbocycles. The summed E-state index contributed by atoms with van der Waals surface area (Å²) < 4.78 is 28.1. The van der Waals surface area contributed by atoms with Gasteiger partial charge in [0.05, 0.1) is 10.9 Å². The zero-order chi connectivity index (χ0) is 22.1. The molecule has 1 heterocycles. The maximum Gasteiger partial charge on any atom is 0.243 e. The van der Waals surface area contributed by atoms with Gasteiger partial charge in [0.1, 0.15) is 0 Å². The molecule has 0 aromatic heterocycles. The third kappa shape index (κ3) is 4.43. The minimum absolute atomic E-state index is 0.00253. The summed E-state index contributed by atoms with van der Waals surface area (Å²) in [5.41, 5.74) is 3.47. The first-order valence-electron chi connectivity index (χ1n) is 10.3. The number of sulfonamides is 1. The molecule has 162 valence electrons. The molecule has 0 bridgehead atoms. The minimum atomic E-state index is -3.56. The first-order valence-corrected chi connectivity index (χ1v) is 11.7. The number of benzene rings is 2. The second kappa shape index (κ2) is 8.88. The lowest BCUT2D eigenvalue weighted by Gasteiger charge is -2.38. The summed E-state index contributed by atoms with van der Waals surface area (Å²) in [7, 11) is -1.78. The van der Waals surface area contributed by atoms with E-state index in [-0.39, 0.29) is 11.9 Å². The van der Waals surface area contributed by atoms with Crippen LogP contribution in [0.25, 0.3) is 0 Å². The number of carbonyl (C=O) groups is 1. The van der Waals surface area contributed by atoms with E-state index in [1.807, 2.05) is 70.2 Å². The molecule has 1 fully saturated rings. The third-order valence-corrected chi connectivity index (χ3v) is 8.06. The summed E-state index contributed by atoms with van der Waals surface area (Å²) in [4.78, 5) is 17.0. The van der Waals surface area contributed by atoms with Crippen LogP contribution in [0.3, 0.4) is 0 Å². The predicted molar refractivity (Wildman–Crippen MR) is 120 cm³/mol. The van der Waals surface area contributed by atoms with Crippen LogP contribution < -0.4 is 4.90 Å². The van der Waals surface area contributed by atoms with Gasteiger partial charge >= 0.3 is 0 Å². The van der Waals surface area contributed by atoms with Gasteiger partial charge < -0.3 is 4.90 Å². The van der Waals surface area contributed by atoms with E-state index in [1.165, 1.54) is 0 Å². The van der Waals surface area contributed by atoms with Crippen molar-refractivity contribution < 1.29 is 13.2 Å². The van der Waals surface area contributed by atoms with Gasteiger partial charge in [-0.2, -0.15) is 4.31 Å². The van der Waals surface area contributed by atoms with E-state index in [9.17, 15) is 13.2 Å². The maximum atomic E-state index is 13.3. The number of para-hydroxylation sites is 1. The Bertz CT molecular complexity index is 990. The summed E-state index contributed by atoms with van der Waals surface area (Å²) in [6.45, 7) is 9.37. The van der Waals surface area contributed by atoms with Gasteiger partial charge in [-0.05, 0) is 51.0 Å². The Kier molecular flexibility index (Phi) is 6.65. The van der Waals surface area contributed by atoms with Crippen LogP contribution in [-0.2, 0) is 14.8 Å². The highest BCUT2D eigenvalue weighted by molar-refractivity contribution is 7.89. The van der Waals surface area contributed by atoms with E-state index in [0.29, 0.717) is 31.1 Å². The second-order valence-electron chi connectivity index (χ2n) is 8.08. The molecule has 1 aliphatic heterocycles. The smallest absolute Gasteiger partial charge is 0.243 e. The van der Waals surface area contributed by atoms with Crippen molar-refractivity contribution in [1.29, 1.82) is 0 Å². The number of hydrogen-bond donors (Lipinski definition) is 0. The molecule has 1 aliphatic rings. The lowest BCUT2D eigenvalue weighted by Crippen LogP contribution is -2.55. The van der Waals surface area contributed by atoms with E-state index >= 15 is 0 Å². The zero-order valence-corrected chi connectivity index (χ0v) is 19.2. The van der Waals surface area contributed by atoms with Crippen molar-refractivity contribution in [2.45, 2.75) is 38.6 Å². The molecule has 0 spiro atoms. The molecule has 2 aromatic rings. The Morgan fingerprint density at radius 2 is 1.50 bits per heavy atom. The Morgan fingerprint density at radius 3 is 2.03 bits per heavy atom. The van der Waals surface area contributed by atoms with Crippen LogP contribution >= 0.6 is 0 Å². The van der Waals surface area contributed by atoms with Gasteiger partial charge in [-0.15, -0.1) is 0 Å². The van der Waals surface area contributed by atoms with E-state index in [4.69, 9.17) is 0 Å². The number of anilines is 1. The van der Waals surface area contributed by atoms with Crippen LogP contribution in [0.2, 0.25) is 0 Å². The van der Waals surface area contributed by atoms with Crippen molar-refractivity contribution in [2.75, 3.05) is 38.1 Å². The number of likely N-dealkylation sites (N-methyl/N-ethyl adjacent to an activating group) is 1. The molecule has 1 atom stereocenters. The molecule has 0 saturated carbocycles. The highest BCUT2D eigenvalue weighted by Gasteiger charge is 2.34. The van der Waals surface area contributed by atoms with Crippen molar-refractivity contribution in [3.8, 4) is 0 Å². The molecule has 0 N–H and O–H groups in total. The predicted octanol–water partition coefficient (Wildman–Crippen LogP) is 2.97. The minimum Gasteiger partial charge on any atom is -0.314 e. The fraction of sp³-hybridized carbons (Fsp3) is 0.435. The lowest BCUT2D eigenvalue weighted by atomic mass is 10.1. The number of amides is 1. The van der Waals surface area contributed by atoms with Crippen molar-refractivity contribution in [2.24, 2.45) is 0 Å². The molecule has 1 amide bonds. The van der Waals surface area contributed by atoms with Crippen LogP contribution in [0.5, 0.6) is 0 Å². The van der Waals surface area contributed by atoms with Gasteiger partial charge in [-0.25, -0.2) is 8.42 Å². The van der Waals surface area contributed by atoms with E-state index in [2.05, 4.69) is 4.90 Å². The van der Waals surface area contributed by atoms with Crippen LogP contribution in [0.1, 0.15) is 23.6 Å². The molecule has 3 rings (SSSR count). The van der Waals surface area contributed by atoms with E-state index in [1.54, 1.807) is 16.3 Å². The SMILES string of the molecule is Cc1cc(C)c(S(=O)(=O)N2CCN(C(C)C(=O)N(C)c3ccccc3)CC2)c(C)c1. The van der Waals surface area contributed by atoms with Gasteiger partial charge in [-0.1, -0.05) is 35.9 Å². The molecule has 1 unspecified atom stereocenters. The summed E-state index contributed by atoms with van der Waals surface area (Å²) in [5.74, 6) is 0.00253. The van der Waals surface area contributed by atoms with E-state index < -0.39 is 10.0 Å². The summed E-state index contributed by atoms with van der Waals surface area (Å²) in [6, 6.07) is 13.0. The Hall–Kier alpha value is -2.22. The lowest BCUT2D eigenvalue weighted by molar-refractivity contribution is -0.123. The molecular weight excluding hydrogens is 398 g/mol. The number of aryl methyl sites for hydroxylation is 3. The quantitative estimate of drug-likeness (QED) is 0.733. The fourth-order valence-electron chi connectivity index (χ4n) is 4.25. The number of carbonyl (C=O) groups excluding carboxylic acids is 1.